The number of benzene rings is 2. The van der Waals surface area contributed by atoms with Gasteiger partial charge in [0.1, 0.15) is 12.7 Å². The first-order valence-electron chi connectivity index (χ1n) is 7.54. The molecule has 1 aromatic heterocycles. The third-order valence-electron chi connectivity index (χ3n) is 4.03. The van der Waals surface area contributed by atoms with Gasteiger partial charge in [0.15, 0.2) is 0 Å². The lowest BCUT2D eigenvalue weighted by Crippen LogP contribution is -2.29. The lowest BCUT2D eigenvalue weighted by atomic mass is 10.1. The number of nitrogens with zero attached hydrogens (tertiary/aromatic N) is 4. The largest absolute Gasteiger partial charge is 0.335 e. The Morgan fingerprint density at radius 1 is 1.21 bits per heavy atom. The van der Waals surface area contributed by atoms with Gasteiger partial charge < -0.3 is 4.90 Å². The van der Waals surface area contributed by atoms with Crippen LogP contribution in [0.15, 0.2) is 61.2 Å². The molecular formula is C18H17IN4O. The highest BCUT2D eigenvalue weighted by atomic mass is 127. The van der Waals surface area contributed by atoms with Gasteiger partial charge in [-0.3, -0.25) is 4.79 Å². The summed E-state index contributed by atoms with van der Waals surface area (Å²) in [5, 5.41) is 4.11. The average molecular weight is 432 g/mol. The number of aromatic nitrogens is 3. The van der Waals surface area contributed by atoms with Crippen molar-refractivity contribution in [3.05, 3.63) is 75.9 Å². The number of carbonyl (C=O) groups is 1. The molecule has 0 bridgehead atoms. The fourth-order valence-electron chi connectivity index (χ4n) is 2.47. The Labute approximate surface area is 154 Å². The van der Waals surface area contributed by atoms with Crippen LogP contribution in [-0.4, -0.2) is 32.6 Å². The number of hydrogen-bond donors (Lipinski definition) is 0. The summed E-state index contributed by atoms with van der Waals surface area (Å²) in [4.78, 5) is 18.4. The van der Waals surface area contributed by atoms with E-state index in [2.05, 4.69) is 32.7 Å². The van der Waals surface area contributed by atoms with Crippen molar-refractivity contribution in [2.45, 2.75) is 13.0 Å². The Kier molecular flexibility index (Phi) is 4.94. The van der Waals surface area contributed by atoms with Crippen molar-refractivity contribution in [2.24, 2.45) is 0 Å². The second-order valence-corrected chi connectivity index (χ2v) is 6.78. The van der Waals surface area contributed by atoms with Gasteiger partial charge >= 0.3 is 0 Å². The van der Waals surface area contributed by atoms with Crippen molar-refractivity contribution < 1.29 is 4.79 Å². The Morgan fingerprint density at radius 2 is 1.96 bits per heavy atom. The maximum Gasteiger partial charge on any atom is 0.254 e. The zero-order valence-electron chi connectivity index (χ0n) is 13.4. The molecule has 3 rings (SSSR count). The molecule has 0 aliphatic rings. The first-order valence-corrected chi connectivity index (χ1v) is 8.62. The van der Waals surface area contributed by atoms with E-state index in [1.807, 2.05) is 62.5 Å². The summed E-state index contributed by atoms with van der Waals surface area (Å²) in [5.74, 6) is 0.0152. The Morgan fingerprint density at radius 3 is 2.58 bits per heavy atom. The number of carbonyl (C=O) groups excluding carboxylic acids is 1. The molecule has 2 aromatic carbocycles. The van der Waals surface area contributed by atoms with Gasteiger partial charge in [-0.05, 0) is 65.4 Å². The van der Waals surface area contributed by atoms with Gasteiger partial charge in [-0.25, -0.2) is 9.67 Å². The van der Waals surface area contributed by atoms with Crippen LogP contribution < -0.4 is 0 Å². The van der Waals surface area contributed by atoms with Gasteiger partial charge in [0.2, 0.25) is 0 Å². The third-order valence-corrected chi connectivity index (χ3v) is 4.70. The fourth-order valence-corrected chi connectivity index (χ4v) is 3.01. The highest BCUT2D eigenvalue weighted by Gasteiger charge is 2.19. The molecular weight excluding hydrogens is 415 g/mol. The molecule has 0 saturated carbocycles. The molecule has 0 spiro atoms. The molecule has 0 N–H and O–H groups in total. The monoisotopic (exact) mass is 432 g/mol. The number of hydrogen-bond acceptors (Lipinski definition) is 3. The first-order chi connectivity index (χ1) is 11.6. The highest BCUT2D eigenvalue weighted by molar-refractivity contribution is 14.1. The van der Waals surface area contributed by atoms with E-state index < -0.39 is 0 Å². The molecule has 0 aliphatic heterocycles. The van der Waals surface area contributed by atoms with Crippen molar-refractivity contribution in [3.8, 4) is 5.69 Å². The SMILES string of the molecule is CC(c1ccc(-n2cncn2)cc1)N(C)C(=O)c1cccc(I)c1. The maximum atomic E-state index is 12.7. The van der Waals surface area contributed by atoms with Crippen LogP contribution in [0, 0.1) is 3.57 Å². The van der Waals surface area contributed by atoms with E-state index in [1.165, 1.54) is 6.33 Å². The van der Waals surface area contributed by atoms with Gasteiger partial charge in [-0.15, -0.1) is 0 Å². The van der Waals surface area contributed by atoms with Crippen LogP contribution in [0.1, 0.15) is 28.9 Å². The second-order valence-electron chi connectivity index (χ2n) is 5.53. The van der Waals surface area contributed by atoms with E-state index in [0.717, 1.165) is 14.8 Å². The number of amides is 1. The van der Waals surface area contributed by atoms with Crippen LogP contribution in [0.4, 0.5) is 0 Å². The molecule has 3 aromatic rings. The predicted molar refractivity (Wildman–Crippen MR) is 101 cm³/mol. The van der Waals surface area contributed by atoms with Crippen molar-refractivity contribution in [2.75, 3.05) is 7.05 Å². The molecule has 1 heterocycles. The Balaban J connectivity index is 1.78. The lowest BCUT2D eigenvalue weighted by Gasteiger charge is -2.25. The van der Waals surface area contributed by atoms with Crippen LogP contribution in [-0.2, 0) is 0 Å². The Bertz CT molecular complexity index is 830. The van der Waals surface area contributed by atoms with Gasteiger partial charge in [0.05, 0.1) is 11.7 Å². The van der Waals surface area contributed by atoms with Crippen LogP contribution in [0.3, 0.4) is 0 Å². The van der Waals surface area contributed by atoms with Gasteiger partial charge in [0, 0.05) is 16.2 Å². The molecule has 6 heteroatoms. The number of rotatable bonds is 4. The minimum Gasteiger partial charge on any atom is -0.335 e. The summed E-state index contributed by atoms with van der Waals surface area (Å²) in [7, 11) is 1.83. The molecule has 1 atom stereocenters. The molecule has 1 unspecified atom stereocenters. The summed E-state index contributed by atoms with van der Waals surface area (Å²) in [5.41, 5.74) is 2.71. The van der Waals surface area contributed by atoms with Crippen molar-refractivity contribution in [3.63, 3.8) is 0 Å². The molecule has 0 saturated heterocycles. The minimum absolute atomic E-state index is 0.0152. The third kappa shape index (κ3) is 3.48. The summed E-state index contributed by atoms with van der Waals surface area (Å²) in [6.07, 6.45) is 3.16. The standard InChI is InChI=1S/C18H17IN4O/c1-13(22(2)18(24)15-4-3-5-16(19)10-15)14-6-8-17(9-7-14)23-12-20-11-21-23/h3-13H,1-2H3. The summed E-state index contributed by atoms with van der Waals surface area (Å²) < 4.78 is 2.76. The zero-order valence-corrected chi connectivity index (χ0v) is 15.6. The van der Waals surface area contributed by atoms with Crippen molar-refractivity contribution in [1.82, 2.24) is 19.7 Å². The molecule has 122 valence electrons. The number of halogens is 1. The lowest BCUT2D eigenvalue weighted by molar-refractivity contribution is 0.0742. The van der Waals surface area contributed by atoms with Gasteiger partial charge in [-0.2, -0.15) is 5.10 Å². The summed E-state index contributed by atoms with van der Waals surface area (Å²) >= 11 is 2.22. The molecule has 24 heavy (non-hydrogen) atoms. The second kappa shape index (κ2) is 7.12. The van der Waals surface area contributed by atoms with Crippen LogP contribution >= 0.6 is 22.6 Å². The van der Waals surface area contributed by atoms with Crippen LogP contribution in [0.5, 0.6) is 0 Å². The molecule has 0 aliphatic carbocycles. The van der Waals surface area contributed by atoms with Gasteiger partial charge in [-0.1, -0.05) is 18.2 Å². The molecule has 5 nitrogen and oxygen atoms in total. The molecule has 1 amide bonds. The summed E-state index contributed by atoms with van der Waals surface area (Å²) in [6.45, 7) is 2.02. The summed E-state index contributed by atoms with van der Waals surface area (Å²) in [6, 6.07) is 15.6. The van der Waals surface area contributed by atoms with Crippen molar-refractivity contribution in [1.29, 1.82) is 0 Å². The topological polar surface area (TPSA) is 51.0 Å². The van der Waals surface area contributed by atoms with E-state index in [-0.39, 0.29) is 11.9 Å². The molecule has 0 radical (unpaired) electrons. The van der Waals surface area contributed by atoms with E-state index in [0.29, 0.717) is 5.56 Å². The average Bonchev–Trinajstić information content (AvgIpc) is 3.14. The minimum atomic E-state index is -0.0276. The fraction of sp³-hybridized carbons (Fsp3) is 0.167. The first kappa shape index (κ1) is 16.6. The van der Waals surface area contributed by atoms with Crippen molar-refractivity contribution >= 4 is 28.5 Å². The zero-order chi connectivity index (χ0) is 17.1. The van der Waals surface area contributed by atoms with E-state index in [9.17, 15) is 4.79 Å². The Hall–Kier alpha value is -2.22. The molecule has 0 fully saturated rings. The predicted octanol–water partition coefficient (Wildman–Crippen LogP) is 3.71. The van der Waals surface area contributed by atoms with Crippen LogP contribution in [0.25, 0.3) is 5.69 Å². The maximum absolute atomic E-state index is 12.7. The quantitative estimate of drug-likeness (QED) is 0.591. The van der Waals surface area contributed by atoms with E-state index in [1.54, 1.807) is 15.9 Å². The van der Waals surface area contributed by atoms with E-state index >= 15 is 0 Å². The highest BCUT2D eigenvalue weighted by Crippen LogP contribution is 2.22. The van der Waals surface area contributed by atoms with Gasteiger partial charge in [0.25, 0.3) is 5.91 Å². The van der Waals surface area contributed by atoms with E-state index in [4.69, 9.17) is 0 Å². The van der Waals surface area contributed by atoms with Crippen LogP contribution in [0.2, 0.25) is 0 Å². The smallest absolute Gasteiger partial charge is 0.254 e. The normalized spacial score (nSPS) is 12.0.